The van der Waals surface area contributed by atoms with Crippen molar-refractivity contribution in [3.63, 3.8) is 0 Å². The van der Waals surface area contributed by atoms with Gasteiger partial charge < -0.3 is 5.32 Å². The minimum absolute atomic E-state index is 0.583. The molecule has 0 aromatic carbocycles. The lowest BCUT2D eigenvalue weighted by molar-refractivity contribution is 0.0614. The van der Waals surface area contributed by atoms with Gasteiger partial charge in [-0.1, -0.05) is 19.8 Å². The molecular weight excluding hydrogens is 208 g/mol. The van der Waals surface area contributed by atoms with Crippen LogP contribution in [0.3, 0.4) is 0 Å². The van der Waals surface area contributed by atoms with Gasteiger partial charge in [-0.3, -0.25) is 4.90 Å². The van der Waals surface area contributed by atoms with Crippen LogP contribution in [0.25, 0.3) is 0 Å². The molecule has 2 fully saturated rings. The van der Waals surface area contributed by atoms with E-state index in [-0.39, 0.29) is 0 Å². The molecule has 0 spiro atoms. The van der Waals surface area contributed by atoms with Crippen molar-refractivity contribution in [2.24, 2.45) is 11.3 Å². The smallest absolute Gasteiger partial charge is 0.00928 e. The molecule has 2 aliphatic rings. The zero-order valence-electron chi connectivity index (χ0n) is 12.0. The predicted molar refractivity (Wildman–Crippen MR) is 74.3 cm³/mol. The predicted octanol–water partition coefficient (Wildman–Crippen LogP) is 2.89. The molecule has 1 heterocycles. The van der Waals surface area contributed by atoms with E-state index in [0.717, 1.165) is 12.0 Å². The lowest BCUT2D eigenvalue weighted by Crippen LogP contribution is -2.49. The molecule has 2 rings (SSSR count). The first-order valence-corrected chi connectivity index (χ1v) is 7.55. The summed E-state index contributed by atoms with van der Waals surface area (Å²) < 4.78 is 0. The van der Waals surface area contributed by atoms with Gasteiger partial charge in [0.05, 0.1) is 0 Å². The Bertz CT molecular complexity index is 233. The molecule has 100 valence electrons. The lowest BCUT2D eigenvalue weighted by atomic mass is 9.83. The van der Waals surface area contributed by atoms with E-state index in [2.05, 4.69) is 31.1 Å². The summed E-state index contributed by atoms with van der Waals surface area (Å²) in [6.45, 7) is 8.74. The highest BCUT2D eigenvalue weighted by molar-refractivity contribution is 4.91. The number of nitrogens with zero attached hydrogens (tertiary/aromatic N) is 1. The molecule has 0 bridgehead atoms. The Hall–Kier alpha value is -0.0800. The molecule has 0 aromatic rings. The van der Waals surface area contributed by atoms with E-state index < -0.39 is 0 Å². The fourth-order valence-electron chi connectivity index (χ4n) is 3.97. The van der Waals surface area contributed by atoms with Crippen molar-refractivity contribution in [2.75, 3.05) is 26.7 Å². The van der Waals surface area contributed by atoms with Gasteiger partial charge in [0.15, 0.2) is 0 Å². The maximum Gasteiger partial charge on any atom is 0.00928 e. The molecular formula is C15H30N2. The molecule has 0 amide bonds. The van der Waals surface area contributed by atoms with Crippen LogP contribution in [0.1, 0.15) is 52.4 Å². The Morgan fingerprint density at radius 2 is 1.88 bits per heavy atom. The van der Waals surface area contributed by atoms with E-state index in [0.29, 0.717) is 5.41 Å². The van der Waals surface area contributed by atoms with E-state index in [4.69, 9.17) is 0 Å². The van der Waals surface area contributed by atoms with Crippen LogP contribution in [0.2, 0.25) is 0 Å². The van der Waals surface area contributed by atoms with Crippen LogP contribution >= 0.6 is 0 Å². The van der Waals surface area contributed by atoms with Crippen molar-refractivity contribution in [1.82, 2.24) is 10.2 Å². The van der Waals surface area contributed by atoms with Crippen molar-refractivity contribution in [2.45, 2.75) is 58.4 Å². The van der Waals surface area contributed by atoms with Crippen LogP contribution in [0.15, 0.2) is 0 Å². The first-order chi connectivity index (χ1) is 8.17. The summed E-state index contributed by atoms with van der Waals surface area (Å²) in [6.07, 6.45) is 8.59. The Morgan fingerprint density at radius 1 is 1.18 bits per heavy atom. The first-order valence-electron chi connectivity index (χ1n) is 7.55. The number of nitrogens with one attached hydrogen (secondary N) is 1. The third-order valence-electron chi connectivity index (χ3n) is 5.26. The summed E-state index contributed by atoms with van der Waals surface area (Å²) in [5, 5.41) is 3.44. The van der Waals surface area contributed by atoms with Crippen molar-refractivity contribution < 1.29 is 0 Å². The second-order valence-corrected chi connectivity index (χ2v) is 6.57. The third kappa shape index (κ3) is 3.03. The van der Waals surface area contributed by atoms with Gasteiger partial charge in [0.1, 0.15) is 0 Å². The van der Waals surface area contributed by atoms with Gasteiger partial charge in [-0.15, -0.1) is 0 Å². The Kier molecular flexibility index (Phi) is 4.48. The van der Waals surface area contributed by atoms with Gasteiger partial charge in [-0.2, -0.15) is 0 Å². The number of likely N-dealkylation sites (tertiary alicyclic amines) is 1. The zero-order valence-corrected chi connectivity index (χ0v) is 12.0. The average Bonchev–Trinajstić information content (AvgIpc) is 2.74. The van der Waals surface area contributed by atoms with Gasteiger partial charge in [0, 0.05) is 19.1 Å². The Morgan fingerprint density at radius 3 is 2.53 bits per heavy atom. The van der Waals surface area contributed by atoms with Crippen LogP contribution in [0.4, 0.5) is 0 Å². The zero-order chi connectivity index (χ0) is 12.3. The van der Waals surface area contributed by atoms with Crippen LogP contribution in [0, 0.1) is 11.3 Å². The molecule has 1 aliphatic carbocycles. The molecule has 0 radical (unpaired) electrons. The molecule has 2 heteroatoms. The van der Waals surface area contributed by atoms with Gasteiger partial charge in [-0.05, 0) is 57.5 Å². The summed E-state index contributed by atoms with van der Waals surface area (Å²) in [6, 6.07) is 0.790. The standard InChI is InChI=1S/C15H30N2/c1-13-7-6-10-17(14(13)2)12-15(11-16-3)8-4-5-9-15/h13-14,16H,4-12H2,1-3H3. The molecule has 1 saturated carbocycles. The van der Waals surface area contributed by atoms with Crippen LogP contribution in [0.5, 0.6) is 0 Å². The third-order valence-corrected chi connectivity index (χ3v) is 5.26. The molecule has 2 nitrogen and oxygen atoms in total. The van der Waals surface area contributed by atoms with Crippen LogP contribution < -0.4 is 5.32 Å². The molecule has 17 heavy (non-hydrogen) atoms. The number of hydrogen-bond donors (Lipinski definition) is 1. The van der Waals surface area contributed by atoms with Gasteiger partial charge in [0.25, 0.3) is 0 Å². The van der Waals surface area contributed by atoms with E-state index >= 15 is 0 Å². The van der Waals surface area contributed by atoms with Crippen LogP contribution in [-0.2, 0) is 0 Å². The Labute approximate surface area is 107 Å². The second kappa shape index (κ2) is 5.71. The summed E-state index contributed by atoms with van der Waals surface area (Å²) in [4.78, 5) is 2.77. The van der Waals surface area contributed by atoms with Gasteiger partial charge in [0.2, 0.25) is 0 Å². The molecule has 0 aromatic heterocycles. The maximum absolute atomic E-state index is 3.44. The average molecular weight is 238 g/mol. The highest BCUT2D eigenvalue weighted by atomic mass is 15.2. The highest BCUT2D eigenvalue weighted by Crippen LogP contribution is 2.39. The minimum Gasteiger partial charge on any atom is -0.319 e. The topological polar surface area (TPSA) is 15.3 Å². The molecule has 2 atom stereocenters. The van der Waals surface area contributed by atoms with E-state index in [1.165, 1.54) is 58.2 Å². The number of piperidine rings is 1. The number of rotatable bonds is 4. The molecule has 2 unspecified atom stereocenters. The largest absolute Gasteiger partial charge is 0.319 e. The molecule has 1 aliphatic heterocycles. The SMILES string of the molecule is CNCC1(CN2CCCC(C)C2C)CCCC1. The molecule has 1 N–H and O–H groups in total. The fourth-order valence-corrected chi connectivity index (χ4v) is 3.97. The van der Waals surface area contributed by atoms with Gasteiger partial charge >= 0.3 is 0 Å². The van der Waals surface area contributed by atoms with Crippen molar-refractivity contribution in [3.8, 4) is 0 Å². The van der Waals surface area contributed by atoms with Crippen molar-refractivity contribution in [3.05, 3.63) is 0 Å². The number of hydrogen-bond acceptors (Lipinski definition) is 2. The highest BCUT2D eigenvalue weighted by Gasteiger charge is 2.37. The summed E-state index contributed by atoms with van der Waals surface area (Å²) in [5.41, 5.74) is 0.583. The van der Waals surface area contributed by atoms with Crippen molar-refractivity contribution >= 4 is 0 Å². The minimum atomic E-state index is 0.583. The first kappa shape index (κ1) is 13.4. The van der Waals surface area contributed by atoms with E-state index in [9.17, 15) is 0 Å². The Balaban J connectivity index is 1.97. The maximum atomic E-state index is 3.44. The quantitative estimate of drug-likeness (QED) is 0.810. The van der Waals surface area contributed by atoms with Gasteiger partial charge in [-0.25, -0.2) is 0 Å². The second-order valence-electron chi connectivity index (χ2n) is 6.57. The summed E-state index contributed by atoms with van der Waals surface area (Å²) >= 11 is 0. The fraction of sp³-hybridized carbons (Fsp3) is 1.00. The lowest BCUT2D eigenvalue weighted by Gasteiger charge is -2.43. The molecule has 1 saturated heterocycles. The van der Waals surface area contributed by atoms with Crippen molar-refractivity contribution in [1.29, 1.82) is 0 Å². The van der Waals surface area contributed by atoms with E-state index in [1.54, 1.807) is 0 Å². The normalized spacial score (nSPS) is 34.1. The van der Waals surface area contributed by atoms with Crippen LogP contribution in [-0.4, -0.2) is 37.6 Å². The monoisotopic (exact) mass is 238 g/mol. The summed E-state index contributed by atoms with van der Waals surface area (Å²) in [7, 11) is 2.11. The summed E-state index contributed by atoms with van der Waals surface area (Å²) in [5.74, 6) is 0.886. The van der Waals surface area contributed by atoms with E-state index in [1.807, 2.05) is 0 Å².